The molecule has 5 nitrogen and oxygen atoms in total. The molecule has 0 aliphatic heterocycles. The fraction of sp³-hybridized carbons (Fsp3) is 0.471. The van der Waals surface area contributed by atoms with Crippen molar-refractivity contribution in [3.05, 3.63) is 29.3 Å². The molecule has 24 heavy (non-hydrogen) atoms. The van der Waals surface area contributed by atoms with Gasteiger partial charge in [0.1, 0.15) is 0 Å². The Bertz CT molecular complexity index is 707. The maximum Gasteiger partial charge on any atom is 0.277 e. The number of aromatic nitrogens is 2. The lowest BCUT2D eigenvalue weighted by atomic mass is 9.86. The van der Waals surface area contributed by atoms with Gasteiger partial charge in [0.05, 0.1) is 16.3 Å². The topological polar surface area (TPSA) is 68.0 Å². The number of hydrogen-bond acceptors (Lipinski definition) is 5. The van der Waals surface area contributed by atoms with Crippen molar-refractivity contribution in [2.24, 2.45) is 5.92 Å². The van der Waals surface area contributed by atoms with Crippen LogP contribution in [0, 0.1) is 5.92 Å². The number of nitrogens with zero attached hydrogens (tertiary/aromatic N) is 2. The Kier molecular flexibility index (Phi) is 5.79. The third kappa shape index (κ3) is 4.30. The number of benzene rings is 1. The fourth-order valence-corrected chi connectivity index (χ4v) is 3.71. The zero-order chi connectivity index (χ0) is 16.9. The lowest BCUT2D eigenvalue weighted by Crippen LogP contribution is -2.41. The second-order valence-corrected chi connectivity index (χ2v) is 7.41. The lowest BCUT2D eigenvalue weighted by molar-refractivity contribution is -0.119. The molecule has 1 fully saturated rings. The summed E-state index contributed by atoms with van der Waals surface area (Å²) in [6.45, 7) is 2.20. The van der Waals surface area contributed by atoms with E-state index in [0.29, 0.717) is 27.6 Å². The minimum absolute atomic E-state index is 0.0104. The molecule has 1 aliphatic rings. The van der Waals surface area contributed by atoms with Gasteiger partial charge >= 0.3 is 0 Å². The van der Waals surface area contributed by atoms with Gasteiger partial charge in [0, 0.05) is 6.04 Å². The number of carbonyl (C=O) groups is 1. The number of nitrogens with one attached hydrogen (secondary N) is 1. The maximum absolute atomic E-state index is 12.1. The van der Waals surface area contributed by atoms with Crippen LogP contribution in [0.1, 0.15) is 32.6 Å². The number of hydrogen-bond donors (Lipinski definition) is 1. The second kappa shape index (κ2) is 8.03. The Morgan fingerprint density at radius 1 is 1.33 bits per heavy atom. The van der Waals surface area contributed by atoms with E-state index < -0.39 is 0 Å². The second-order valence-electron chi connectivity index (χ2n) is 6.08. The predicted octanol–water partition coefficient (Wildman–Crippen LogP) is 4.18. The summed E-state index contributed by atoms with van der Waals surface area (Å²) in [5.74, 6) is 1.19. The number of carbonyl (C=O) groups excluding carboxylic acids is 1. The van der Waals surface area contributed by atoms with E-state index >= 15 is 0 Å². The van der Waals surface area contributed by atoms with Crippen LogP contribution in [0.15, 0.2) is 33.9 Å². The van der Waals surface area contributed by atoms with Crippen LogP contribution in [0.4, 0.5) is 0 Å². The van der Waals surface area contributed by atoms with Crippen LogP contribution >= 0.6 is 23.4 Å². The van der Waals surface area contributed by atoms with E-state index in [0.717, 1.165) is 6.42 Å². The summed E-state index contributed by atoms with van der Waals surface area (Å²) in [5.41, 5.74) is 0.694. The van der Waals surface area contributed by atoms with Gasteiger partial charge in [-0.3, -0.25) is 4.79 Å². The summed E-state index contributed by atoms with van der Waals surface area (Å²) in [6, 6.07) is 7.58. The van der Waals surface area contributed by atoms with Crippen molar-refractivity contribution in [3.63, 3.8) is 0 Å². The van der Waals surface area contributed by atoms with Crippen molar-refractivity contribution in [2.45, 2.75) is 43.9 Å². The summed E-state index contributed by atoms with van der Waals surface area (Å²) in [6.07, 6.45) is 4.69. The first kappa shape index (κ1) is 17.3. The molecule has 2 atom stereocenters. The van der Waals surface area contributed by atoms with Crippen LogP contribution in [0.5, 0.6) is 0 Å². The van der Waals surface area contributed by atoms with Crippen LogP contribution in [0.25, 0.3) is 11.5 Å². The average Bonchev–Trinajstić information content (AvgIpc) is 3.04. The third-order valence-corrected chi connectivity index (χ3v) is 5.44. The van der Waals surface area contributed by atoms with E-state index in [2.05, 4.69) is 22.4 Å². The first-order valence-corrected chi connectivity index (χ1v) is 9.50. The van der Waals surface area contributed by atoms with Gasteiger partial charge in [0.2, 0.25) is 11.8 Å². The number of thioether (sulfide) groups is 1. The first-order valence-electron chi connectivity index (χ1n) is 8.14. The van der Waals surface area contributed by atoms with Gasteiger partial charge in [0.15, 0.2) is 0 Å². The van der Waals surface area contributed by atoms with Crippen molar-refractivity contribution in [1.82, 2.24) is 15.5 Å². The Labute approximate surface area is 150 Å². The van der Waals surface area contributed by atoms with Gasteiger partial charge in [-0.05, 0) is 30.9 Å². The molecule has 1 aromatic heterocycles. The molecule has 1 N–H and O–H groups in total. The van der Waals surface area contributed by atoms with Crippen LogP contribution in [0.3, 0.4) is 0 Å². The van der Waals surface area contributed by atoms with Crippen molar-refractivity contribution in [3.8, 4) is 11.5 Å². The molecule has 0 unspecified atom stereocenters. The number of rotatable bonds is 5. The van der Waals surface area contributed by atoms with Crippen LogP contribution in [-0.4, -0.2) is 27.9 Å². The van der Waals surface area contributed by atoms with Gasteiger partial charge in [-0.1, -0.05) is 55.3 Å². The third-order valence-electron chi connectivity index (χ3n) is 4.30. The molecule has 1 aromatic carbocycles. The smallest absolute Gasteiger partial charge is 0.277 e. The van der Waals surface area contributed by atoms with Crippen LogP contribution in [0.2, 0.25) is 5.02 Å². The van der Waals surface area contributed by atoms with Gasteiger partial charge < -0.3 is 9.73 Å². The summed E-state index contributed by atoms with van der Waals surface area (Å²) >= 11 is 7.36. The Morgan fingerprint density at radius 2 is 2.12 bits per heavy atom. The molecule has 0 bridgehead atoms. The van der Waals surface area contributed by atoms with Gasteiger partial charge in [0.25, 0.3) is 5.22 Å². The number of halogens is 1. The molecule has 7 heteroatoms. The van der Waals surface area contributed by atoms with E-state index in [1.807, 2.05) is 18.2 Å². The molecule has 1 aliphatic carbocycles. The minimum Gasteiger partial charge on any atom is -0.411 e. The van der Waals surface area contributed by atoms with E-state index in [1.54, 1.807) is 6.07 Å². The van der Waals surface area contributed by atoms with E-state index in [4.69, 9.17) is 16.0 Å². The summed E-state index contributed by atoms with van der Waals surface area (Å²) in [4.78, 5) is 12.1. The Morgan fingerprint density at radius 3 is 2.92 bits per heavy atom. The summed E-state index contributed by atoms with van der Waals surface area (Å²) in [5, 5.41) is 12.0. The normalized spacial score (nSPS) is 20.8. The molecule has 1 saturated carbocycles. The van der Waals surface area contributed by atoms with Crippen molar-refractivity contribution in [2.75, 3.05) is 5.75 Å². The van der Waals surface area contributed by atoms with E-state index in [1.165, 1.54) is 31.0 Å². The molecule has 0 radical (unpaired) electrons. The highest BCUT2D eigenvalue weighted by Crippen LogP contribution is 2.29. The zero-order valence-electron chi connectivity index (χ0n) is 13.5. The SMILES string of the molecule is C[C@H]1CCCC[C@@H]1NC(=O)CSc1nnc(-c2ccccc2Cl)o1. The average molecular weight is 366 g/mol. The predicted molar refractivity (Wildman–Crippen MR) is 95.0 cm³/mol. The quantitative estimate of drug-likeness (QED) is 0.805. The number of amides is 1. The molecular formula is C17H20ClN3O2S. The molecule has 128 valence electrons. The molecule has 1 heterocycles. The Hall–Kier alpha value is -1.53. The first-order chi connectivity index (χ1) is 11.6. The lowest BCUT2D eigenvalue weighted by Gasteiger charge is -2.29. The van der Waals surface area contributed by atoms with E-state index in [9.17, 15) is 4.79 Å². The van der Waals surface area contributed by atoms with Gasteiger partial charge in [-0.15, -0.1) is 10.2 Å². The van der Waals surface area contributed by atoms with Crippen molar-refractivity contribution in [1.29, 1.82) is 0 Å². The minimum atomic E-state index is 0.0104. The highest BCUT2D eigenvalue weighted by atomic mass is 35.5. The van der Waals surface area contributed by atoms with Crippen molar-refractivity contribution >= 4 is 29.3 Å². The molecule has 0 spiro atoms. The highest BCUT2D eigenvalue weighted by molar-refractivity contribution is 7.99. The fourth-order valence-electron chi connectivity index (χ4n) is 2.92. The largest absolute Gasteiger partial charge is 0.411 e. The summed E-state index contributed by atoms with van der Waals surface area (Å²) in [7, 11) is 0. The van der Waals surface area contributed by atoms with Gasteiger partial charge in [-0.2, -0.15) is 0 Å². The standard InChI is InChI=1S/C17H20ClN3O2S/c1-11-6-2-5-9-14(11)19-15(22)10-24-17-21-20-16(23-17)12-7-3-4-8-13(12)18/h3-4,7-8,11,14H,2,5-6,9-10H2,1H3,(H,19,22)/t11-,14-/m0/s1. The maximum atomic E-state index is 12.1. The van der Waals surface area contributed by atoms with Crippen molar-refractivity contribution < 1.29 is 9.21 Å². The van der Waals surface area contributed by atoms with E-state index in [-0.39, 0.29) is 17.7 Å². The Balaban J connectivity index is 1.54. The van der Waals surface area contributed by atoms with Crippen LogP contribution in [-0.2, 0) is 4.79 Å². The zero-order valence-corrected chi connectivity index (χ0v) is 15.1. The van der Waals surface area contributed by atoms with Crippen LogP contribution < -0.4 is 5.32 Å². The molecule has 0 saturated heterocycles. The highest BCUT2D eigenvalue weighted by Gasteiger charge is 2.23. The summed E-state index contributed by atoms with van der Waals surface area (Å²) < 4.78 is 5.59. The van der Waals surface area contributed by atoms with Gasteiger partial charge in [-0.25, -0.2) is 0 Å². The molecule has 2 aromatic rings. The molecule has 3 rings (SSSR count). The molecular weight excluding hydrogens is 346 g/mol. The molecule has 1 amide bonds. The monoisotopic (exact) mass is 365 g/mol.